The van der Waals surface area contributed by atoms with Gasteiger partial charge in [-0.2, -0.15) is 4.68 Å². The van der Waals surface area contributed by atoms with Crippen molar-refractivity contribution in [2.24, 2.45) is 0 Å². The van der Waals surface area contributed by atoms with Crippen LogP contribution in [0.5, 0.6) is 0 Å². The summed E-state index contributed by atoms with van der Waals surface area (Å²) in [6.07, 6.45) is 4.04. The standard InChI is InChI=1S/C11H16N4O4/c16-9-3-1-8(2-4-9)12-11(17)7-14-6-5-10(13-14)15(18)19/h5-6,8-9,16H,1-4,7H2,(H,12,17). The minimum absolute atomic E-state index is 0.0348. The highest BCUT2D eigenvalue weighted by Gasteiger charge is 2.21. The summed E-state index contributed by atoms with van der Waals surface area (Å²) in [6.45, 7) is -0.0348. The third-order valence-corrected chi connectivity index (χ3v) is 3.18. The van der Waals surface area contributed by atoms with Gasteiger partial charge in [0.15, 0.2) is 0 Å². The van der Waals surface area contributed by atoms with Crippen LogP contribution in [0.1, 0.15) is 25.7 Å². The number of aliphatic hydroxyl groups is 1. The van der Waals surface area contributed by atoms with Crippen molar-refractivity contribution < 1.29 is 14.8 Å². The summed E-state index contributed by atoms with van der Waals surface area (Å²) in [7, 11) is 0. The van der Waals surface area contributed by atoms with Gasteiger partial charge in [0, 0.05) is 6.04 Å². The number of hydrogen-bond acceptors (Lipinski definition) is 5. The summed E-state index contributed by atoms with van der Waals surface area (Å²) in [5, 5.41) is 26.3. The molecule has 0 saturated heterocycles. The SMILES string of the molecule is O=C(Cn1ccc([N+](=O)[O-])n1)NC1CCC(O)CC1. The van der Waals surface area contributed by atoms with Crippen LogP contribution in [0.3, 0.4) is 0 Å². The van der Waals surface area contributed by atoms with Gasteiger partial charge in [-0.3, -0.25) is 4.79 Å². The Morgan fingerprint density at radius 2 is 2.21 bits per heavy atom. The predicted octanol–water partition coefficient (Wildman–Crippen LogP) is 0.211. The van der Waals surface area contributed by atoms with E-state index >= 15 is 0 Å². The molecule has 1 aromatic heterocycles. The Kier molecular flexibility index (Phi) is 4.10. The number of aliphatic hydroxyl groups excluding tert-OH is 1. The molecule has 2 N–H and O–H groups in total. The maximum Gasteiger partial charge on any atom is 0.389 e. The van der Waals surface area contributed by atoms with E-state index in [1.165, 1.54) is 16.9 Å². The minimum Gasteiger partial charge on any atom is -0.393 e. The molecule has 1 aliphatic rings. The maximum atomic E-state index is 11.7. The molecule has 0 radical (unpaired) electrons. The topological polar surface area (TPSA) is 110 Å². The molecule has 1 aliphatic carbocycles. The van der Waals surface area contributed by atoms with Crippen molar-refractivity contribution in [2.75, 3.05) is 0 Å². The lowest BCUT2D eigenvalue weighted by molar-refractivity contribution is -0.389. The molecule has 104 valence electrons. The smallest absolute Gasteiger partial charge is 0.389 e. The third kappa shape index (κ3) is 3.75. The van der Waals surface area contributed by atoms with Gasteiger partial charge < -0.3 is 20.5 Å². The molecule has 0 spiro atoms. The molecule has 19 heavy (non-hydrogen) atoms. The predicted molar refractivity (Wildman–Crippen MR) is 65.3 cm³/mol. The Balaban J connectivity index is 1.82. The highest BCUT2D eigenvalue weighted by molar-refractivity contribution is 5.75. The van der Waals surface area contributed by atoms with Crippen molar-refractivity contribution in [3.63, 3.8) is 0 Å². The lowest BCUT2D eigenvalue weighted by Crippen LogP contribution is -2.40. The van der Waals surface area contributed by atoms with Crippen LogP contribution in [0.15, 0.2) is 12.3 Å². The zero-order valence-electron chi connectivity index (χ0n) is 10.4. The van der Waals surface area contributed by atoms with Crippen molar-refractivity contribution in [1.29, 1.82) is 0 Å². The first-order valence-electron chi connectivity index (χ1n) is 6.20. The fraction of sp³-hybridized carbons (Fsp3) is 0.636. The quantitative estimate of drug-likeness (QED) is 0.599. The van der Waals surface area contributed by atoms with Crippen molar-refractivity contribution in [3.8, 4) is 0 Å². The Hall–Kier alpha value is -1.96. The van der Waals surface area contributed by atoms with Gasteiger partial charge >= 0.3 is 5.82 Å². The van der Waals surface area contributed by atoms with Crippen LogP contribution < -0.4 is 5.32 Å². The van der Waals surface area contributed by atoms with E-state index in [2.05, 4.69) is 10.4 Å². The highest BCUT2D eigenvalue weighted by Crippen LogP contribution is 2.18. The molecule has 1 heterocycles. The molecule has 1 aromatic rings. The first-order chi connectivity index (χ1) is 9.04. The van der Waals surface area contributed by atoms with E-state index in [9.17, 15) is 20.0 Å². The van der Waals surface area contributed by atoms with Gasteiger partial charge in [-0.15, -0.1) is 0 Å². The Labute approximate surface area is 109 Å². The second kappa shape index (κ2) is 5.79. The molecular formula is C11H16N4O4. The van der Waals surface area contributed by atoms with Crippen LogP contribution in [0, 0.1) is 10.1 Å². The Morgan fingerprint density at radius 3 is 2.79 bits per heavy atom. The van der Waals surface area contributed by atoms with Crippen molar-refractivity contribution in [1.82, 2.24) is 15.1 Å². The number of hydrogen-bond donors (Lipinski definition) is 2. The average molecular weight is 268 g/mol. The van der Waals surface area contributed by atoms with E-state index in [4.69, 9.17) is 0 Å². The molecule has 0 bridgehead atoms. The summed E-state index contributed by atoms with van der Waals surface area (Å²) < 4.78 is 1.24. The summed E-state index contributed by atoms with van der Waals surface area (Å²) in [4.78, 5) is 21.6. The summed E-state index contributed by atoms with van der Waals surface area (Å²) in [5.74, 6) is -0.493. The van der Waals surface area contributed by atoms with E-state index in [-0.39, 0.29) is 30.4 Å². The Bertz CT molecular complexity index is 465. The van der Waals surface area contributed by atoms with Crippen LogP contribution >= 0.6 is 0 Å². The van der Waals surface area contributed by atoms with Gasteiger partial charge in [-0.05, 0) is 30.6 Å². The maximum absolute atomic E-state index is 11.7. The van der Waals surface area contributed by atoms with Crippen LogP contribution in [-0.4, -0.2) is 37.9 Å². The number of carbonyl (C=O) groups is 1. The van der Waals surface area contributed by atoms with E-state index in [0.29, 0.717) is 12.8 Å². The monoisotopic (exact) mass is 268 g/mol. The average Bonchev–Trinajstić information content (AvgIpc) is 2.80. The molecule has 0 atom stereocenters. The lowest BCUT2D eigenvalue weighted by Gasteiger charge is -2.25. The van der Waals surface area contributed by atoms with Gasteiger partial charge in [0.05, 0.1) is 23.5 Å². The molecule has 0 unspecified atom stereocenters. The zero-order valence-corrected chi connectivity index (χ0v) is 10.4. The molecule has 1 fully saturated rings. The Morgan fingerprint density at radius 1 is 1.53 bits per heavy atom. The number of amides is 1. The molecule has 1 amide bonds. The molecule has 0 aromatic carbocycles. The second-order valence-electron chi connectivity index (χ2n) is 4.70. The number of carbonyl (C=O) groups excluding carboxylic acids is 1. The highest BCUT2D eigenvalue weighted by atomic mass is 16.6. The van der Waals surface area contributed by atoms with E-state index in [0.717, 1.165) is 12.8 Å². The van der Waals surface area contributed by atoms with Gasteiger partial charge in [-0.1, -0.05) is 0 Å². The number of rotatable bonds is 4. The van der Waals surface area contributed by atoms with E-state index in [1.807, 2.05) is 0 Å². The van der Waals surface area contributed by atoms with Crippen LogP contribution in [-0.2, 0) is 11.3 Å². The molecule has 8 heteroatoms. The van der Waals surface area contributed by atoms with E-state index < -0.39 is 4.92 Å². The molecule has 2 rings (SSSR count). The normalized spacial score (nSPS) is 23.0. The third-order valence-electron chi connectivity index (χ3n) is 3.18. The van der Waals surface area contributed by atoms with Crippen molar-refractivity contribution in [2.45, 2.75) is 44.4 Å². The lowest BCUT2D eigenvalue weighted by atomic mass is 9.93. The van der Waals surface area contributed by atoms with Crippen LogP contribution in [0.25, 0.3) is 0 Å². The number of aromatic nitrogens is 2. The van der Waals surface area contributed by atoms with Gasteiger partial charge in [0.2, 0.25) is 5.91 Å². The summed E-state index contributed by atoms with van der Waals surface area (Å²) in [6, 6.07) is 1.32. The fourth-order valence-electron chi connectivity index (χ4n) is 2.18. The van der Waals surface area contributed by atoms with Crippen LogP contribution in [0.4, 0.5) is 5.82 Å². The summed E-state index contributed by atoms with van der Waals surface area (Å²) in [5.41, 5.74) is 0. The van der Waals surface area contributed by atoms with Crippen molar-refractivity contribution >= 4 is 11.7 Å². The summed E-state index contributed by atoms with van der Waals surface area (Å²) >= 11 is 0. The first kappa shape index (κ1) is 13.5. The zero-order chi connectivity index (χ0) is 13.8. The minimum atomic E-state index is -0.600. The van der Waals surface area contributed by atoms with Gasteiger partial charge in [0.25, 0.3) is 0 Å². The first-order valence-corrected chi connectivity index (χ1v) is 6.20. The van der Waals surface area contributed by atoms with Crippen LogP contribution in [0.2, 0.25) is 0 Å². The molecule has 0 aliphatic heterocycles. The fourth-order valence-corrected chi connectivity index (χ4v) is 2.18. The number of nitrogens with one attached hydrogen (secondary N) is 1. The number of nitrogens with zero attached hydrogens (tertiary/aromatic N) is 3. The van der Waals surface area contributed by atoms with Gasteiger partial charge in [-0.25, -0.2) is 0 Å². The molecule has 1 saturated carbocycles. The van der Waals surface area contributed by atoms with Gasteiger partial charge in [0.1, 0.15) is 6.54 Å². The molecular weight excluding hydrogens is 252 g/mol. The largest absolute Gasteiger partial charge is 0.393 e. The number of nitro groups is 1. The molecule has 8 nitrogen and oxygen atoms in total. The van der Waals surface area contributed by atoms with Crippen molar-refractivity contribution in [3.05, 3.63) is 22.4 Å². The second-order valence-corrected chi connectivity index (χ2v) is 4.70. The van der Waals surface area contributed by atoms with E-state index in [1.54, 1.807) is 0 Å².